The Balaban J connectivity index is 2.60. The molecule has 0 aliphatic carbocycles. The number of amides is 1. The van der Waals surface area contributed by atoms with Crippen LogP contribution < -0.4 is 5.32 Å². The highest BCUT2D eigenvalue weighted by Crippen LogP contribution is 2.23. The summed E-state index contributed by atoms with van der Waals surface area (Å²) in [6, 6.07) is 3.86. The molecule has 1 rings (SSSR count). The maximum atomic E-state index is 11.9. The highest BCUT2D eigenvalue weighted by atomic mass is 35.5. The fraction of sp³-hybridized carbons (Fsp3) is 0.500. The van der Waals surface area contributed by atoms with Gasteiger partial charge in [0.05, 0.1) is 10.9 Å². The number of hydrogen-bond donors (Lipinski definition) is 3. The molecule has 0 heterocycles. The van der Waals surface area contributed by atoms with Crippen LogP contribution in [0.25, 0.3) is 0 Å². The molecule has 3 N–H and O–H groups in total. The van der Waals surface area contributed by atoms with E-state index in [1.54, 1.807) is 0 Å². The number of phenols is 2. The number of aromatic hydroxyl groups is 2. The van der Waals surface area contributed by atoms with Crippen molar-refractivity contribution in [3.63, 3.8) is 0 Å². The van der Waals surface area contributed by atoms with Gasteiger partial charge in [-0.3, -0.25) is 4.79 Å². The second-order valence-corrected chi connectivity index (χ2v) is 5.06. The number of benzene rings is 1. The van der Waals surface area contributed by atoms with Crippen LogP contribution in [0.15, 0.2) is 18.2 Å². The highest BCUT2D eigenvalue weighted by molar-refractivity contribution is 6.21. The summed E-state index contributed by atoms with van der Waals surface area (Å²) in [5.41, 5.74) is 0.131. The summed E-state index contributed by atoms with van der Waals surface area (Å²) in [6.45, 7) is 4.49. The van der Waals surface area contributed by atoms with Crippen molar-refractivity contribution < 1.29 is 15.0 Å². The SMILES string of the molecule is CCC(CC)C(Cl)CNC(=O)c1ccc(O)cc1O. The molecule has 0 radical (unpaired) electrons. The third-order valence-electron chi connectivity index (χ3n) is 3.24. The molecule has 1 aromatic carbocycles. The molecule has 1 atom stereocenters. The van der Waals surface area contributed by atoms with Gasteiger partial charge in [-0.25, -0.2) is 0 Å². The van der Waals surface area contributed by atoms with Crippen LogP contribution in [-0.2, 0) is 0 Å². The lowest BCUT2D eigenvalue weighted by atomic mass is 9.99. The minimum absolute atomic E-state index is 0.0821. The van der Waals surface area contributed by atoms with Crippen LogP contribution in [-0.4, -0.2) is 28.0 Å². The van der Waals surface area contributed by atoms with E-state index in [1.165, 1.54) is 12.1 Å². The molecule has 106 valence electrons. The summed E-state index contributed by atoms with van der Waals surface area (Å²) in [5.74, 6) is -0.364. The van der Waals surface area contributed by atoms with E-state index in [4.69, 9.17) is 16.7 Å². The molecule has 0 aromatic heterocycles. The van der Waals surface area contributed by atoms with Gasteiger partial charge in [-0.15, -0.1) is 11.6 Å². The second-order valence-electron chi connectivity index (χ2n) is 4.50. The molecular formula is C14H20ClNO3. The summed E-state index contributed by atoms with van der Waals surface area (Å²) in [4.78, 5) is 11.9. The van der Waals surface area contributed by atoms with E-state index >= 15 is 0 Å². The fourth-order valence-electron chi connectivity index (χ4n) is 1.96. The topological polar surface area (TPSA) is 69.6 Å². The normalized spacial score (nSPS) is 12.4. The average molecular weight is 286 g/mol. The quantitative estimate of drug-likeness (QED) is 0.704. The van der Waals surface area contributed by atoms with Crippen LogP contribution in [0.2, 0.25) is 0 Å². The lowest BCUT2D eigenvalue weighted by Gasteiger charge is -2.19. The molecule has 0 saturated heterocycles. The number of halogens is 1. The van der Waals surface area contributed by atoms with Crippen LogP contribution >= 0.6 is 11.6 Å². The van der Waals surface area contributed by atoms with Crippen molar-refractivity contribution >= 4 is 17.5 Å². The van der Waals surface area contributed by atoms with Crippen molar-refractivity contribution in [2.75, 3.05) is 6.54 Å². The van der Waals surface area contributed by atoms with Gasteiger partial charge in [0.1, 0.15) is 11.5 Å². The summed E-state index contributed by atoms with van der Waals surface area (Å²) < 4.78 is 0. The lowest BCUT2D eigenvalue weighted by Crippen LogP contribution is -2.33. The number of carbonyl (C=O) groups is 1. The van der Waals surface area contributed by atoms with Crippen molar-refractivity contribution in [2.45, 2.75) is 32.1 Å². The fourth-order valence-corrected chi connectivity index (χ4v) is 2.40. The monoisotopic (exact) mass is 285 g/mol. The molecule has 1 amide bonds. The van der Waals surface area contributed by atoms with Crippen LogP contribution in [0.4, 0.5) is 0 Å². The van der Waals surface area contributed by atoms with Crippen LogP contribution in [0, 0.1) is 5.92 Å². The van der Waals surface area contributed by atoms with E-state index in [0.29, 0.717) is 12.5 Å². The number of rotatable bonds is 6. The molecule has 1 aromatic rings. The number of hydrogen-bond acceptors (Lipinski definition) is 3. The van der Waals surface area contributed by atoms with Gasteiger partial charge < -0.3 is 15.5 Å². The van der Waals surface area contributed by atoms with Gasteiger partial charge in [-0.2, -0.15) is 0 Å². The highest BCUT2D eigenvalue weighted by Gasteiger charge is 2.18. The van der Waals surface area contributed by atoms with E-state index in [9.17, 15) is 9.90 Å². The Labute approximate surface area is 118 Å². The Morgan fingerprint density at radius 3 is 2.47 bits per heavy atom. The maximum absolute atomic E-state index is 11.9. The molecule has 0 aliphatic rings. The Morgan fingerprint density at radius 2 is 1.95 bits per heavy atom. The maximum Gasteiger partial charge on any atom is 0.255 e. The van der Waals surface area contributed by atoms with Gasteiger partial charge in [0, 0.05) is 12.6 Å². The first-order valence-corrected chi connectivity index (χ1v) is 6.87. The molecular weight excluding hydrogens is 266 g/mol. The number of carbonyl (C=O) groups excluding carboxylic acids is 1. The third kappa shape index (κ3) is 4.31. The molecule has 0 bridgehead atoms. The first kappa shape index (κ1) is 15.6. The predicted molar refractivity (Wildman–Crippen MR) is 75.8 cm³/mol. The van der Waals surface area contributed by atoms with Crippen molar-refractivity contribution in [1.29, 1.82) is 0 Å². The van der Waals surface area contributed by atoms with Crippen LogP contribution in [0.1, 0.15) is 37.0 Å². The molecule has 0 spiro atoms. The first-order chi connectivity index (χ1) is 8.99. The molecule has 4 nitrogen and oxygen atoms in total. The lowest BCUT2D eigenvalue weighted by molar-refractivity contribution is 0.0949. The van der Waals surface area contributed by atoms with E-state index in [-0.39, 0.29) is 22.4 Å². The summed E-state index contributed by atoms with van der Waals surface area (Å²) in [7, 11) is 0. The first-order valence-electron chi connectivity index (χ1n) is 6.43. The predicted octanol–water partition coefficient (Wildman–Crippen LogP) is 2.87. The van der Waals surface area contributed by atoms with Crippen molar-refractivity contribution in [3.05, 3.63) is 23.8 Å². The van der Waals surface area contributed by atoms with E-state index < -0.39 is 5.91 Å². The van der Waals surface area contributed by atoms with Gasteiger partial charge in [-0.1, -0.05) is 26.7 Å². The zero-order valence-corrected chi connectivity index (χ0v) is 11.9. The minimum Gasteiger partial charge on any atom is -0.508 e. The molecule has 0 saturated carbocycles. The van der Waals surface area contributed by atoms with E-state index in [1.807, 2.05) is 0 Å². The van der Waals surface area contributed by atoms with Gasteiger partial charge in [-0.05, 0) is 18.1 Å². The molecule has 5 heteroatoms. The molecule has 0 fully saturated rings. The van der Waals surface area contributed by atoms with E-state index in [2.05, 4.69) is 19.2 Å². The van der Waals surface area contributed by atoms with Crippen LogP contribution in [0.5, 0.6) is 11.5 Å². The molecule has 0 aliphatic heterocycles. The second kappa shape index (κ2) is 7.24. The smallest absolute Gasteiger partial charge is 0.255 e. The zero-order valence-electron chi connectivity index (χ0n) is 11.2. The molecule has 1 unspecified atom stereocenters. The van der Waals surface area contributed by atoms with Crippen molar-refractivity contribution in [1.82, 2.24) is 5.32 Å². The largest absolute Gasteiger partial charge is 0.508 e. The van der Waals surface area contributed by atoms with Crippen LogP contribution in [0.3, 0.4) is 0 Å². The Hall–Kier alpha value is -1.42. The number of nitrogens with one attached hydrogen (secondary N) is 1. The van der Waals surface area contributed by atoms with Crippen molar-refractivity contribution in [2.24, 2.45) is 5.92 Å². The van der Waals surface area contributed by atoms with E-state index in [0.717, 1.165) is 18.9 Å². The summed E-state index contributed by atoms with van der Waals surface area (Å²) in [6.07, 6.45) is 1.93. The Morgan fingerprint density at radius 1 is 1.32 bits per heavy atom. The van der Waals surface area contributed by atoms with Gasteiger partial charge in [0.25, 0.3) is 5.91 Å². The Kier molecular flexibility index (Phi) is 5.96. The number of alkyl halides is 1. The van der Waals surface area contributed by atoms with Gasteiger partial charge >= 0.3 is 0 Å². The average Bonchev–Trinajstić information content (AvgIpc) is 2.37. The van der Waals surface area contributed by atoms with Gasteiger partial charge in [0.15, 0.2) is 0 Å². The minimum atomic E-state index is -0.394. The summed E-state index contributed by atoms with van der Waals surface area (Å²) >= 11 is 6.23. The summed E-state index contributed by atoms with van der Waals surface area (Å²) in [5, 5.41) is 21.3. The Bertz CT molecular complexity index is 433. The van der Waals surface area contributed by atoms with Crippen molar-refractivity contribution in [3.8, 4) is 11.5 Å². The zero-order chi connectivity index (χ0) is 14.4. The van der Waals surface area contributed by atoms with Gasteiger partial charge in [0.2, 0.25) is 0 Å². The third-order valence-corrected chi connectivity index (χ3v) is 3.75. The standard InChI is InChI=1S/C14H20ClNO3/c1-3-9(4-2)12(15)8-16-14(19)11-6-5-10(17)7-13(11)18/h5-7,9,12,17-18H,3-4,8H2,1-2H3,(H,16,19). The number of phenolic OH excluding ortho intramolecular Hbond substituents is 2. The molecule has 19 heavy (non-hydrogen) atoms.